The number of hydrogen-bond donors (Lipinski definition) is 1. The van der Waals surface area contributed by atoms with Gasteiger partial charge in [0.05, 0.1) is 19.8 Å². The summed E-state index contributed by atoms with van der Waals surface area (Å²) in [7, 11) is 3.54. The van der Waals surface area contributed by atoms with Gasteiger partial charge in [-0.25, -0.2) is 0 Å². The molecule has 90 valence electrons. The fourth-order valence-corrected chi connectivity index (χ4v) is 1.18. The summed E-state index contributed by atoms with van der Waals surface area (Å²) in [6.07, 6.45) is 0. The van der Waals surface area contributed by atoms with Gasteiger partial charge in [0.15, 0.2) is 0 Å². The average Bonchev–Trinajstić information content (AvgIpc) is 2.34. The zero-order valence-corrected chi connectivity index (χ0v) is 9.86. The first-order valence-corrected chi connectivity index (χ1v) is 5.34. The molecular weight excluding hydrogens is 206 g/mol. The largest absolute Gasteiger partial charge is 0.491 e. The third-order valence-electron chi connectivity index (χ3n) is 2.07. The molecule has 0 bridgehead atoms. The third kappa shape index (κ3) is 5.00. The second-order valence-electron chi connectivity index (χ2n) is 3.23. The Morgan fingerprint density at radius 1 is 1.00 bits per heavy atom. The van der Waals surface area contributed by atoms with Crippen LogP contribution in [0.5, 0.6) is 5.75 Å². The average molecular weight is 225 g/mol. The van der Waals surface area contributed by atoms with E-state index < -0.39 is 0 Å². The first-order chi connectivity index (χ1) is 7.86. The molecule has 0 radical (unpaired) electrons. The summed E-state index contributed by atoms with van der Waals surface area (Å²) in [5.74, 6) is 0.856. The highest BCUT2D eigenvalue weighted by Crippen LogP contribution is 2.14. The van der Waals surface area contributed by atoms with Crippen molar-refractivity contribution in [2.24, 2.45) is 0 Å². The molecule has 1 aromatic carbocycles. The van der Waals surface area contributed by atoms with Crippen molar-refractivity contribution in [3.63, 3.8) is 0 Å². The van der Waals surface area contributed by atoms with E-state index in [0.717, 1.165) is 11.4 Å². The SMILES string of the molecule is CNc1ccc(OCCOCCOC)cc1. The van der Waals surface area contributed by atoms with Gasteiger partial charge in [0.25, 0.3) is 0 Å². The monoisotopic (exact) mass is 225 g/mol. The van der Waals surface area contributed by atoms with E-state index in [1.54, 1.807) is 7.11 Å². The van der Waals surface area contributed by atoms with Gasteiger partial charge >= 0.3 is 0 Å². The van der Waals surface area contributed by atoms with E-state index in [4.69, 9.17) is 14.2 Å². The Kier molecular flexibility index (Phi) is 6.37. The molecular formula is C12H19NO3. The molecule has 0 unspecified atom stereocenters. The van der Waals surface area contributed by atoms with Gasteiger partial charge in [-0.05, 0) is 24.3 Å². The van der Waals surface area contributed by atoms with Crippen LogP contribution in [0.25, 0.3) is 0 Å². The van der Waals surface area contributed by atoms with Crippen LogP contribution in [0.15, 0.2) is 24.3 Å². The topological polar surface area (TPSA) is 39.7 Å². The molecule has 0 aliphatic rings. The van der Waals surface area contributed by atoms with E-state index in [-0.39, 0.29) is 0 Å². The molecule has 0 amide bonds. The Morgan fingerprint density at radius 3 is 2.31 bits per heavy atom. The first kappa shape index (κ1) is 12.8. The summed E-state index contributed by atoms with van der Waals surface area (Å²) < 4.78 is 15.6. The summed E-state index contributed by atoms with van der Waals surface area (Å²) in [6, 6.07) is 7.81. The molecule has 0 fully saturated rings. The lowest BCUT2D eigenvalue weighted by molar-refractivity contribution is 0.0544. The smallest absolute Gasteiger partial charge is 0.119 e. The van der Waals surface area contributed by atoms with Crippen LogP contribution in [0.1, 0.15) is 0 Å². The summed E-state index contributed by atoms with van der Waals surface area (Å²) >= 11 is 0. The molecule has 0 aromatic heterocycles. The Labute approximate surface area is 96.5 Å². The highest BCUT2D eigenvalue weighted by molar-refractivity contribution is 5.45. The predicted octanol–water partition coefficient (Wildman–Crippen LogP) is 1.77. The molecule has 4 nitrogen and oxygen atoms in total. The third-order valence-corrected chi connectivity index (χ3v) is 2.07. The van der Waals surface area contributed by atoms with Crippen LogP contribution in [0.3, 0.4) is 0 Å². The van der Waals surface area contributed by atoms with Gasteiger partial charge in [-0.1, -0.05) is 0 Å². The number of methoxy groups -OCH3 is 1. The van der Waals surface area contributed by atoms with Crippen molar-refractivity contribution in [3.05, 3.63) is 24.3 Å². The summed E-state index contributed by atoms with van der Waals surface area (Å²) in [4.78, 5) is 0. The number of benzene rings is 1. The predicted molar refractivity (Wildman–Crippen MR) is 64.2 cm³/mol. The van der Waals surface area contributed by atoms with Crippen molar-refractivity contribution in [1.29, 1.82) is 0 Å². The fourth-order valence-electron chi connectivity index (χ4n) is 1.18. The van der Waals surface area contributed by atoms with E-state index in [0.29, 0.717) is 26.4 Å². The molecule has 1 rings (SSSR count). The molecule has 4 heteroatoms. The van der Waals surface area contributed by atoms with Crippen LogP contribution in [0.2, 0.25) is 0 Å². The summed E-state index contributed by atoms with van der Waals surface area (Å²) in [5.41, 5.74) is 1.07. The van der Waals surface area contributed by atoms with Gasteiger partial charge in [-0.15, -0.1) is 0 Å². The zero-order chi connectivity index (χ0) is 11.6. The maximum atomic E-state index is 5.49. The minimum absolute atomic E-state index is 0.558. The number of nitrogens with one attached hydrogen (secondary N) is 1. The van der Waals surface area contributed by atoms with Gasteiger partial charge in [-0.2, -0.15) is 0 Å². The van der Waals surface area contributed by atoms with E-state index in [1.165, 1.54) is 0 Å². The Bertz CT molecular complexity index is 274. The Morgan fingerprint density at radius 2 is 1.69 bits per heavy atom. The van der Waals surface area contributed by atoms with Gasteiger partial charge < -0.3 is 19.5 Å². The lowest BCUT2D eigenvalue weighted by atomic mass is 10.3. The molecule has 0 spiro atoms. The van der Waals surface area contributed by atoms with Crippen LogP contribution in [-0.2, 0) is 9.47 Å². The van der Waals surface area contributed by atoms with Crippen molar-refractivity contribution in [2.75, 3.05) is 45.9 Å². The molecule has 0 aliphatic carbocycles. The minimum atomic E-state index is 0.558. The minimum Gasteiger partial charge on any atom is -0.491 e. The van der Waals surface area contributed by atoms with E-state index in [9.17, 15) is 0 Å². The second kappa shape index (κ2) is 7.96. The molecule has 0 heterocycles. The van der Waals surface area contributed by atoms with Crippen molar-refractivity contribution in [2.45, 2.75) is 0 Å². The van der Waals surface area contributed by atoms with Gasteiger partial charge in [-0.3, -0.25) is 0 Å². The zero-order valence-electron chi connectivity index (χ0n) is 9.86. The number of anilines is 1. The normalized spacial score (nSPS) is 10.1. The van der Waals surface area contributed by atoms with Gasteiger partial charge in [0, 0.05) is 19.8 Å². The molecule has 1 N–H and O–H groups in total. The molecule has 1 aromatic rings. The Balaban J connectivity index is 2.12. The number of ether oxygens (including phenoxy) is 3. The van der Waals surface area contributed by atoms with Crippen LogP contribution < -0.4 is 10.1 Å². The lowest BCUT2D eigenvalue weighted by Gasteiger charge is -2.07. The van der Waals surface area contributed by atoms with Crippen LogP contribution in [0, 0.1) is 0 Å². The van der Waals surface area contributed by atoms with E-state index in [1.807, 2.05) is 31.3 Å². The summed E-state index contributed by atoms with van der Waals surface area (Å²) in [5, 5.41) is 3.05. The Hall–Kier alpha value is -1.26. The highest BCUT2D eigenvalue weighted by atomic mass is 16.5. The fraction of sp³-hybridized carbons (Fsp3) is 0.500. The molecule has 0 aliphatic heterocycles. The van der Waals surface area contributed by atoms with Crippen molar-refractivity contribution >= 4 is 5.69 Å². The maximum absolute atomic E-state index is 5.49. The van der Waals surface area contributed by atoms with Gasteiger partial charge in [0.2, 0.25) is 0 Å². The second-order valence-corrected chi connectivity index (χ2v) is 3.23. The molecule has 0 saturated carbocycles. The quantitative estimate of drug-likeness (QED) is 0.684. The van der Waals surface area contributed by atoms with Crippen molar-refractivity contribution in [1.82, 2.24) is 0 Å². The van der Waals surface area contributed by atoms with E-state index in [2.05, 4.69) is 5.32 Å². The summed E-state index contributed by atoms with van der Waals surface area (Å²) in [6.45, 7) is 2.37. The number of rotatable bonds is 8. The van der Waals surface area contributed by atoms with Crippen LogP contribution >= 0.6 is 0 Å². The van der Waals surface area contributed by atoms with Crippen molar-refractivity contribution < 1.29 is 14.2 Å². The first-order valence-electron chi connectivity index (χ1n) is 5.34. The standard InChI is InChI=1S/C12H19NO3/c1-13-11-3-5-12(6-4-11)16-10-9-15-8-7-14-2/h3-6,13H,7-10H2,1-2H3. The number of hydrogen-bond acceptors (Lipinski definition) is 4. The molecule has 0 saturated heterocycles. The molecule has 0 atom stereocenters. The van der Waals surface area contributed by atoms with Crippen LogP contribution in [-0.4, -0.2) is 40.6 Å². The van der Waals surface area contributed by atoms with Crippen molar-refractivity contribution in [3.8, 4) is 5.75 Å². The highest BCUT2D eigenvalue weighted by Gasteiger charge is 1.94. The maximum Gasteiger partial charge on any atom is 0.119 e. The molecule has 16 heavy (non-hydrogen) atoms. The van der Waals surface area contributed by atoms with Crippen LogP contribution in [0.4, 0.5) is 5.69 Å². The van der Waals surface area contributed by atoms with E-state index >= 15 is 0 Å². The van der Waals surface area contributed by atoms with Gasteiger partial charge in [0.1, 0.15) is 12.4 Å². The lowest BCUT2D eigenvalue weighted by Crippen LogP contribution is -2.09.